The summed E-state index contributed by atoms with van der Waals surface area (Å²) < 4.78 is 5.95. The van der Waals surface area contributed by atoms with E-state index in [1.54, 1.807) is 0 Å². The molecule has 0 aromatic heterocycles. The Morgan fingerprint density at radius 1 is 1.40 bits per heavy atom. The van der Waals surface area contributed by atoms with Crippen molar-refractivity contribution in [3.8, 4) is 0 Å². The molecule has 116 valence electrons. The van der Waals surface area contributed by atoms with Gasteiger partial charge >= 0.3 is 0 Å². The highest BCUT2D eigenvalue weighted by atomic mass is 16.5. The van der Waals surface area contributed by atoms with Gasteiger partial charge in [0.25, 0.3) is 0 Å². The molecule has 2 aliphatic carbocycles. The van der Waals surface area contributed by atoms with E-state index in [9.17, 15) is 0 Å². The Morgan fingerprint density at radius 3 is 2.70 bits per heavy atom. The first-order valence-corrected chi connectivity index (χ1v) is 8.22. The monoisotopic (exact) mass is 281 g/mol. The third kappa shape index (κ3) is 3.66. The summed E-state index contributed by atoms with van der Waals surface area (Å²) in [5.74, 6) is 1.39. The van der Waals surface area contributed by atoms with E-state index in [4.69, 9.17) is 10.5 Å². The molecule has 2 atom stereocenters. The van der Waals surface area contributed by atoms with Crippen LogP contribution in [0, 0.1) is 11.3 Å². The largest absolute Gasteiger partial charge is 0.378 e. The van der Waals surface area contributed by atoms with Crippen LogP contribution < -0.4 is 11.1 Å². The lowest BCUT2D eigenvalue weighted by molar-refractivity contribution is -0.113. The van der Waals surface area contributed by atoms with E-state index >= 15 is 0 Å². The highest BCUT2D eigenvalue weighted by molar-refractivity contribution is 5.78. The standard InChI is InChI=1S/C16H31N3O/c1-4-5-9-20-14-10-13(16(14,2)3)19-15(17)18-11-12-7-6-8-12/h12-14H,4-11H2,1-3H3,(H3,17,18,19). The van der Waals surface area contributed by atoms with Gasteiger partial charge in [0.05, 0.1) is 6.10 Å². The summed E-state index contributed by atoms with van der Waals surface area (Å²) in [6.07, 6.45) is 7.73. The van der Waals surface area contributed by atoms with Crippen LogP contribution in [0.15, 0.2) is 4.99 Å². The number of ether oxygens (including phenoxy) is 1. The number of nitrogens with two attached hydrogens (primary N) is 1. The van der Waals surface area contributed by atoms with Crippen molar-refractivity contribution in [2.45, 2.75) is 71.4 Å². The van der Waals surface area contributed by atoms with E-state index in [1.165, 1.54) is 25.7 Å². The van der Waals surface area contributed by atoms with Crippen LogP contribution in [-0.2, 0) is 4.74 Å². The van der Waals surface area contributed by atoms with Crippen molar-refractivity contribution in [2.24, 2.45) is 22.1 Å². The van der Waals surface area contributed by atoms with Gasteiger partial charge in [-0.25, -0.2) is 0 Å². The van der Waals surface area contributed by atoms with E-state index in [0.717, 1.165) is 31.9 Å². The Balaban J connectivity index is 1.71. The molecule has 0 aromatic carbocycles. The predicted octanol–water partition coefficient (Wildman–Crippen LogP) is 2.67. The summed E-state index contributed by atoms with van der Waals surface area (Å²) in [5, 5.41) is 3.38. The van der Waals surface area contributed by atoms with E-state index < -0.39 is 0 Å². The van der Waals surface area contributed by atoms with Crippen LogP contribution in [0.1, 0.15) is 59.3 Å². The molecular weight excluding hydrogens is 250 g/mol. The molecule has 3 N–H and O–H groups in total. The highest BCUT2D eigenvalue weighted by Crippen LogP contribution is 2.42. The van der Waals surface area contributed by atoms with Crippen LogP contribution in [-0.4, -0.2) is 31.3 Å². The zero-order valence-corrected chi connectivity index (χ0v) is 13.3. The number of hydrogen-bond donors (Lipinski definition) is 2. The van der Waals surface area contributed by atoms with Crippen molar-refractivity contribution < 1.29 is 4.74 Å². The minimum Gasteiger partial charge on any atom is -0.378 e. The maximum absolute atomic E-state index is 6.00. The van der Waals surface area contributed by atoms with Crippen molar-refractivity contribution in [2.75, 3.05) is 13.2 Å². The van der Waals surface area contributed by atoms with Crippen LogP contribution in [0.5, 0.6) is 0 Å². The summed E-state index contributed by atoms with van der Waals surface area (Å²) >= 11 is 0. The number of nitrogens with zero attached hydrogens (tertiary/aromatic N) is 1. The average Bonchev–Trinajstić information content (AvgIpc) is 2.35. The molecule has 2 saturated carbocycles. The second kappa shape index (κ2) is 6.79. The maximum atomic E-state index is 6.00. The molecule has 4 nitrogen and oxygen atoms in total. The molecule has 0 saturated heterocycles. The summed E-state index contributed by atoms with van der Waals surface area (Å²) in [4.78, 5) is 4.48. The third-order valence-corrected chi connectivity index (χ3v) is 5.06. The SMILES string of the molecule is CCCCOC1CC(NC(N)=NCC2CCC2)C1(C)C. The van der Waals surface area contributed by atoms with Gasteiger partial charge < -0.3 is 15.8 Å². The van der Waals surface area contributed by atoms with Crippen molar-refractivity contribution in [1.82, 2.24) is 5.32 Å². The van der Waals surface area contributed by atoms with Gasteiger partial charge in [0.15, 0.2) is 5.96 Å². The van der Waals surface area contributed by atoms with Gasteiger partial charge in [-0.2, -0.15) is 0 Å². The van der Waals surface area contributed by atoms with Crippen LogP contribution >= 0.6 is 0 Å². The van der Waals surface area contributed by atoms with Crippen molar-refractivity contribution in [3.05, 3.63) is 0 Å². The maximum Gasteiger partial charge on any atom is 0.188 e. The molecule has 0 heterocycles. The lowest BCUT2D eigenvalue weighted by atomic mass is 9.64. The highest BCUT2D eigenvalue weighted by Gasteiger charge is 2.49. The first-order valence-electron chi connectivity index (χ1n) is 8.22. The van der Waals surface area contributed by atoms with E-state index in [1.807, 2.05) is 0 Å². The second-order valence-corrected chi connectivity index (χ2v) is 6.99. The number of hydrogen-bond acceptors (Lipinski definition) is 2. The van der Waals surface area contributed by atoms with Crippen molar-refractivity contribution in [3.63, 3.8) is 0 Å². The third-order valence-electron chi connectivity index (χ3n) is 5.06. The fourth-order valence-corrected chi connectivity index (χ4v) is 2.91. The van der Waals surface area contributed by atoms with Crippen LogP contribution in [0.4, 0.5) is 0 Å². The van der Waals surface area contributed by atoms with Crippen molar-refractivity contribution in [1.29, 1.82) is 0 Å². The van der Waals surface area contributed by atoms with Crippen LogP contribution in [0.3, 0.4) is 0 Å². The quantitative estimate of drug-likeness (QED) is 0.428. The minimum absolute atomic E-state index is 0.143. The molecule has 2 unspecified atom stereocenters. The Labute approximate surface area is 123 Å². The van der Waals surface area contributed by atoms with E-state index in [0.29, 0.717) is 18.1 Å². The number of nitrogens with one attached hydrogen (secondary N) is 1. The fourth-order valence-electron chi connectivity index (χ4n) is 2.91. The molecule has 2 fully saturated rings. The number of guanidine groups is 1. The first kappa shape index (κ1) is 15.6. The fraction of sp³-hybridized carbons (Fsp3) is 0.938. The first-order chi connectivity index (χ1) is 9.54. The predicted molar refractivity (Wildman–Crippen MR) is 83.8 cm³/mol. The molecule has 0 spiro atoms. The summed E-state index contributed by atoms with van der Waals surface area (Å²) in [5.41, 5.74) is 6.14. The Bertz CT molecular complexity index is 337. The zero-order chi connectivity index (χ0) is 14.6. The van der Waals surface area contributed by atoms with Crippen LogP contribution in [0.25, 0.3) is 0 Å². The molecule has 4 heteroatoms. The van der Waals surface area contributed by atoms with Gasteiger partial charge in [0.2, 0.25) is 0 Å². The molecule has 20 heavy (non-hydrogen) atoms. The molecule has 2 aliphatic rings. The Hall–Kier alpha value is -0.770. The van der Waals surface area contributed by atoms with Gasteiger partial charge in [-0.15, -0.1) is 0 Å². The van der Waals surface area contributed by atoms with E-state index in [2.05, 4.69) is 31.1 Å². The Morgan fingerprint density at radius 2 is 2.15 bits per heavy atom. The number of unbranched alkanes of at least 4 members (excludes halogenated alkanes) is 1. The van der Waals surface area contributed by atoms with Crippen LogP contribution in [0.2, 0.25) is 0 Å². The second-order valence-electron chi connectivity index (χ2n) is 6.99. The molecule has 0 aromatic rings. The van der Waals surface area contributed by atoms with Crippen molar-refractivity contribution >= 4 is 5.96 Å². The summed E-state index contributed by atoms with van der Waals surface area (Å²) in [6.45, 7) is 8.47. The number of rotatable bonds is 7. The summed E-state index contributed by atoms with van der Waals surface area (Å²) in [6, 6.07) is 0.388. The normalized spacial score (nSPS) is 29.6. The zero-order valence-electron chi connectivity index (χ0n) is 13.3. The minimum atomic E-state index is 0.143. The number of aliphatic imine (C=N–C) groups is 1. The smallest absolute Gasteiger partial charge is 0.188 e. The van der Waals surface area contributed by atoms with Gasteiger partial charge in [-0.05, 0) is 31.6 Å². The lowest BCUT2D eigenvalue weighted by Gasteiger charge is -2.51. The van der Waals surface area contributed by atoms with Gasteiger partial charge in [0.1, 0.15) is 0 Å². The van der Waals surface area contributed by atoms with Gasteiger partial charge in [0, 0.05) is 24.6 Å². The topological polar surface area (TPSA) is 59.6 Å². The molecule has 0 bridgehead atoms. The lowest BCUT2D eigenvalue weighted by Crippen LogP contribution is -2.63. The van der Waals surface area contributed by atoms with Gasteiger partial charge in [-0.1, -0.05) is 33.6 Å². The molecular formula is C16H31N3O. The Kier molecular flexibility index (Phi) is 5.30. The van der Waals surface area contributed by atoms with E-state index in [-0.39, 0.29) is 5.41 Å². The molecule has 2 rings (SSSR count). The summed E-state index contributed by atoms with van der Waals surface area (Å²) in [7, 11) is 0. The average molecular weight is 281 g/mol. The molecule has 0 amide bonds. The van der Waals surface area contributed by atoms with Gasteiger partial charge in [-0.3, -0.25) is 4.99 Å². The molecule has 0 aliphatic heterocycles. The molecule has 0 radical (unpaired) electrons.